The molecule has 0 aliphatic heterocycles. The molecule has 0 aromatic heterocycles. The van der Waals surface area contributed by atoms with Gasteiger partial charge in [-0.15, -0.1) is 0 Å². The molecule has 0 saturated carbocycles. The van der Waals surface area contributed by atoms with Crippen molar-refractivity contribution in [2.24, 2.45) is 0 Å². The minimum absolute atomic E-state index is 0.0375. The van der Waals surface area contributed by atoms with Crippen LogP contribution in [0.1, 0.15) is 10.4 Å². The van der Waals surface area contributed by atoms with Crippen LogP contribution in [0.25, 0.3) is 0 Å². The van der Waals surface area contributed by atoms with Crippen molar-refractivity contribution in [2.75, 3.05) is 5.43 Å². The van der Waals surface area contributed by atoms with Crippen LogP contribution in [-0.2, 0) is 0 Å². The van der Waals surface area contributed by atoms with E-state index in [0.717, 1.165) is 6.07 Å². The quantitative estimate of drug-likeness (QED) is 0.638. The van der Waals surface area contributed by atoms with Crippen LogP contribution in [0.5, 0.6) is 0 Å². The molecule has 23 heavy (non-hydrogen) atoms. The highest BCUT2D eigenvalue weighted by molar-refractivity contribution is 6.32. The number of carbonyl (C=O) groups excluding carboxylic acids is 1. The van der Waals surface area contributed by atoms with E-state index in [1.54, 1.807) is 0 Å². The lowest BCUT2D eigenvalue weighted by Crippen LogP contribution is -2.29. The maximum atomic E-state index is 11.9. The number of hydrogen-bond donors (Lipinski definition) is 2. The summed E-state index contributed by atoms with van der Waals surface area (Å²) in [4.78, 5) is 32.0. The van der Waals surface area contributed by atoms with E-state index in [9.17, 15) is 25.0 Å². The highest BCUT2D eigenvalue weighted by Crippen LogP contribution is 2.25. The number of anilines is 1. The van der Waals surface area contributed by atoms with Gasteiger partial charge in [-0.1, -0.05) is 11.6 Å². The highest BCUT2D eigenvalue weighted by atomic mass is 35.5. The molecule has 0 unspecified atom stereocenters. The molecule has 10 heteroatoms. The lowest BCUT2D eigenvalue weighted by atomic mass is 10.2. The normalized spacial score (nSPS) is 9.96. The summed E-state index contributed by atoms with van der Waals surface area (Å²) in [5.41, 5.74) is 4.85. The predicted molar refractivity (Wildman–Crippen MR) is 82.3 cm³/mol. The SMILES string of the molecule is O=C(NNc1ccc([N+](=O)[O-])cc1)c1ccc(Cl)c([N+](=O)[O-])c1. The third kappa shape index (κ3) is 3.92. The summed E-state index contributed by atoms with van der Waals surface area (Å²) < 4.78 is 0. The third-order valence-corrected chi connectivity index (χ3v) is 3.12. The molecule has 0 radical (unpaired) electrons. The fourth-order valence-electron chi connectivity index (χ4n) is 1.66. The summed E-state index contributed by atoms with van der Waals surface area (Å²) in [6.07, 6.45) is 0. The van der Waals surface area contributed by atoms with Gasteiger partial charge >= 0.3 is 0 Å². The van der Waals surface area contributed by atoms with Crippen LogP contribution in [-0.4, -0.2) is 15.8 Å². The summed E-state index contributed by atoms with van der Waals surface area (Å²) in [5, 5.41) is 21.2. The lowest BCUT2D eigenvalue weighted by molar-refractivity contribution is -0.385. The van der Waals surface area contributed by atoms with Gasteiger partial charge in [0.05, 0.1) is 15.5 Å². The van der Waals surface area contributed by atoms with E-state index in [0.29, 0.717) is 5.69 Å². The standard InChI is InChI=1S/C13H9ClN4O5/c14-11-6-1-8(7-12(11)18(22)23)13(19)16-15-9-2-4-10(5-3-9)17(20)21/h1-7,15H,(H,16,19). The van der Waals surface area contributed by atoms with Crippen LogP contribution in [0.3, 0.4) is 0 Å². The predicted octanol–water partition coefficient (Wildman–Crippen LogP) is 2.91. The van der Waals surface area contributed by atoms with Gasteiger partial charge in [-0.25, -0.2) is 0 Å². The maximum absolute atomic E-state index is 11.9. The Kier molecular flexibility index (Phi) is 4.72. The average Bonchev–Trinajstić information content (AvgIpc) is 2.53. The number of nitrogens with zero attached hydrogens (tertiary/aromatic N) is 2. The van der Waals surface area contributed by atoms with Gasteiger partial charge in [0.25, 0.3) is 17.3 Å². The molecule has 1 amide bonds. The Morgan fingerprint density at radius 1 is 1.00 bits per heavy atom. The summed E-state index contributed by atoms with van der Waals surface area (Å²) in [5.74, 6) is -0.622. The Balaban J connectivity index is 2.06. The number of non-ortho nitro benzene ring substituents is 1. The van der Waals surface area contributed by atoms with Crippen molar-refractivity contribution in [3.05, 3.63) is 73.3 Å². The molecular formula is C13H9ClN4O5. The number of nitrogens with one attached hydrogen (secondary N) is 2. The van der Waals surface area contributed by atoms with E-state index in [-0.39, 0.29) is 22.0 Å². The van der Waals surface area contributed by atoms with Crippen LogP contribution in [0, 0.1) is 20.2 Å². The molecule has 2 rings (SSSR count). The van der Waals surface area contributed by atoms with Gasteiger partial charge in [0, 0.05) is 23.8 Å². The van der Waals surface area contributed by atoms with Gasteiger partial charge in [-0.2, -0.15) is 0 Å². The van der Waals surface area contributed by atoms with Crippen molar-refractivity contribution in [1.82, 2.24) is 5.43 Å². The summed E-state index contributed by atoms with van der Waals surface area (Å²) in [6.45, 7) is 0. The topological polar surface area (TPSA) is 127 Å². The van der Waals surface area contributed by atoms with Crippen LogP contribution < -0.4 is 10.9 Å². The van der Waals surface area contributed by atoms with E-state index in [2.05, 4.69) is 10.9 Å². The Bertz CT molecular complexity index is 778. The summed E-state index contributed by atoms with van der Waals surface area (Å²) in [6, 6.07) is 8.98. The number of nitro groups is 2. The molecule has 0 aliphatic rings. The lowest BCUT2D eigenvalue weighted by Gasteiger charge is -2.08. The van der Waals surface area contributed by atoms with Gasteiger partial charge in [0.1, 0.15) is 5.02 Å². The fourth-order valence-corrected chi connectivity index (χ4v) is 1.85. The van der Waals surface area contributed by atoms with E-state index in [4.69, 9.17) is 11.6 Å². The monoisotopic (exact) mass is 336 g/mol. The molecule has 0 atom stereocenters. The molecule has 2 aromatic rings. The van der Waals surface area contributed by atoms with E-state index < -0.39 is 15.8 Å². The van der Waals surface area contributed by atoms with Crippen molar-refractivity contribution in [3.63, 3.8) is 0 Å². The fraction of sp³-hybridized carbons (Fsp3) is 0. The minimum atomic E-state index is -0.692. The van der Waals surface area contributed by atoms with E-state index in [1.807, 2.05) is 0 Å². The summed E-state index contributed by atoms with van der Waals surface area (Å²) in [7, 11) is 0. The largest absolute Gasteiger partial charge is 0.298 e. The van der Waals surface area contributed by atoms with Gasteiger partial charge in [-0.05, 0) is 24.3 Å². The second-order valence-corrected chi connectivity index (χ2v) is 4.71. The number of benzene rings is 2. The van der Waals surface area contributed by atoms with Crippen molar-refractivity contribution < 1.29 is 14.6 Å². The molecular weight excluding hydrogens is 328 g/mol. The number of hydrazine groups is 1. The smallest absolute Gasteiger partial charge is 0.288 e. The van der Waals surface area contributed by atoms with Crippen molar-refractivity contribution in [2.45, 2.75) is 0 Å². The van der Waals surface area contributed by atoms with Crippen molar-refractivity contribution >= 4 is 34.6 Å². The minimum Gasteiger partial charge on any atom is -0.298 e. The molecule has 0 bridgehead atoms. The van der Waals surface area contributed by atoms with E-state index in [1.165, 1.54) is 36.4 Å². The first-order valence-electron chi connectivity index (χ1n) is 6.13. The molecule has 9 nitrogen and oxygen atoms in total. The van der Waals surface area contributed by atoms with Crippen molar-refractivity contribution in [1.29, 1.82) is 0 Å². The average molecular weight is 337 g/mol. The number of hydrogen-bond acceptors (Lipinski definition) is 6. The van der Waals surface area contributed by atoms with Gasteiger partial charge in [-0.3, -0.25) is 35.9 Å². The zero-order chi connectivity index (χ0) is 17.0. The molecule has 2 N–H and O–H groups in total. The number of rotatable bonds is 5. The molecule has 0 saturated heterocycles. The second kappa shape index (κ2) is 6.71. The number of halogens is 1. The number of amides is 1. The molecule has 118 valence electrons. The van der Waals surface area contributed by atoms with Gasteiger partial charge in [0.15, 0.2) is 0 Å². The Morgan fingerprint density at radius 3 is 2.22 bits per heavy atom. The van der Waals surface area contributed by atoms with Gasteiger partial charge in [0.2, 0.25) is 0 Å². The van der Waals surface area contributed by atoms with Crippen LogP contribution >= 0.6 is 11.6 Å². The molecule has 0 heterocycles. The molecule has 0 fully saturated rings. The van der Waals surface area contributed by atoms with Crippen LogP contribution in [0.2, 0.25) is 5.02 Å². The molecule has 0 aliphatic carbocycles. The van der Waals surface area contributed by atoms with E-state index >= 15 is 0 Å². The first-order valence-corrected chi connectivity index (χ1v) is 6.51. The van der Waals surface area contributed by atoms with Crippen molar-refractivity contribution in [3.8, 4) is 0 Å². The Morgan fingerprint density at radius 2 is 1.65 bits per heavy atom. The number of carbonyl (C=O) groups is 1. The Hall–Kier alpha value is -3.20. The van der Waals surface area contributed by atoms with Crippen LogP contribution in [0.4, 0.5) is 17.1 Å². The summed E-state index contributed by atoms with van der Waals surface area (Å²) >= 11 is 5.67. The van der Waals surface area contributed by atoms with Crippen LogP contribution in [0.15, 0.2) is 42.5 Å². The Labute approximate surface area is 134 Å². The zero-order valence-corrected chi connectivity index (χ0v) is 12.1. The first-order chi connectivity index (χ1) is 10.9. The van der Waals surface area contributed by atoms with Gasteiger partial charge < -0.3 is 0 Å². The molecule has 2 aromatic carbocycles. The number of nitro benzene ring substituents is 2. The second-order valence-electron chi connectivity index (χ2n) is 4.31. The maximum Gasteiger partial charge on any atom is 0.288 e. The third-order valence-electron chi connectivity index (χ3n) is 2.80. The first kappa shape index (κ1) is 16.2. The molecule has 0 spiro atoms. The zero-order valence-electron chi connectivity index (χ0n) is 11.4. The highest BCUT2D eigenvalue weighted by Gasteiger charge is 2.16.